The second-order valence-corrected chi connectivity index (χ2v) is 9.52. The number of aliphatic hydroxyl groups is 1. The lowest BCUT2D eigenvalue weighted by Crippen LogP contribution is -2.29. The van der Waals surface area contributed by atoms with Crippen LogP contribution in [-0.2, 0) is 20.8 Å². The molecule has 0 radical (unpaired) electrons. The number of hydrogen-bond donors (Lipinski definition) is 2. The minimum absolute atomic E-state index is 0.0429. The molecule has 3 aromatic carbocycles. The van der Waals surface area contributed by atoms with Gasteiger partial charge in [0.15, 0.2) is 0 Å². The van der Waals surface area contributed by atoms with E-state index in [2.05, 4.69) is 0 Å². The first-order chi connectivity index (χ1) is 18.7. The van der Waals surface area contributed by atoms with Crippen molar-refractivity contribution in [2.75, 3.05) is 18.6 Å². The zero-order valence-corrected chi connectivity index (χ0v) is 22.3. The number of carbonyl (C=O) groups excluding carboxylic acids is 2. The molecule has 8 nitrogen and oxygen atoms in total. The van der Waals surface area contributed by atoms with Gasteiger partial charge in [0, 0.05) is 11.3 Å². The van der Waals surface area contributed by atoms with Crippen LogP contribution < -0.4 is 14.4 Å². The van der Waals surface area contributed by atoms with Gasteiger partial charge in [0.25, 0.3) is 11.7 Å². The first-order valence-electron chi connectivity index (χ1n) is 12.7. The van der Waals surface area contributed by atoms with Crippen LogP contribution in [-0.4, -0.2) is 41.6 Å². The number of methoxy groups -OCH3 is 1. The Hall–Kier alpha value is -4.59. The van der Waals surface area contributed by atoms with Gasteiger partial charge in [-0.3, -0.25) is 19.3 Å². The van der Waals surface area contributed by atoms with E-state index in [4.69, 9.17) is 14.6 Å². The third-order valence-electron chi connectivity index (χ3n) is 6.65. The Bertz CT molecular complexity index is 1420. The zero-order chi connectivity index (χ0) is 28.3. The van der Waals surface area contributed by atoms with E-state index in [0.717, 1.165) is 5.56 Å². The average Bonchev–Trinajstić information content (AvgIpc) is 3.18. The number of carboxylic acid groups (broad SMARTS) is 1. The molecule has 0 saturated carbocycles. The maximum absolute atomic E-state index is 13.5. The van der Waals surface area contributed by atoms with E-state index in [1.807, 2.05) is 20.8 Å². The van der Waals surface area contributed by atoms with Gasteiger partial charge in [-0.2, -0.15) is 0 Å². The minimum atomic E-state index is -0.974. The Labute approximate surface area is 227 Å². The fourth-order valence-electron chi connectivity index (χ4n) is 4.74. The summed E-state index contributed by atoms with van der Waals surface area (Å²) in [5.41, 5.74) is 2.78. The monoisotopic (exact) mass is 529 g/mol. The number of hydrogen-bond acceptors (Lipinski definition) is 6. The summed E-state index contributed by atoms with van der Waals surface area (Å²) in [6.07, 6.45) is -0.170. The lowest BCUT2D eigenvalue weighted by molar-refractivity contribution is -0.136. The SMILES string of the molecule is CCOc1ccc(/C(O)=C2/C(=O)C(=O)N(c3ccc(CC(=O)O)cc3)C2c2ccc(OC)cc2)cc1C(C)C. The van der Waals surface area contributed by atoms with Crippen LogP contribution in [0, 0.1) is 0 Å². The summed E-state index contributed by atoms with van der Waals surface area (Å²) in [5, 5.41) is 20.6. The highest BCUT2D eigenvalue weighted by Gasteiger charge is 2.47. The summed E-state index contributed by atoms with van der Waals surface area (Å²) in [4.78, 5) is 39.3. The largest absolute Gasteiger partial charge is 0.507 e. The highest BCUT2D eigenvalue weighted by molar-refractivity contribution is 6.51. The van der Waals surface area contributed by atoms with Crippen LogP contribution in [0.3, 0.4) is 0 Å². The molecule has 1 unspecified atom stereocenters. The molecular formula is C31H31NO7. The lowest BCUT2D eigenvalue weighted by atomic mass is 9.93. The van der Waals surface area contributed by atoms with Gasteiger partial charge in [0.1, 0.15) is 17.3 Å². The maximum atomic E-state index is 13.5. The minimum Gasteiger partial charge on any atom is -0.507 e. The van der Waals surface area contributed by atoms with Gasteiger partial charge in [-0.1, -0.05) is 38.1 Å². The number of benzene rings is 3. The Morgan fingerprint density at radius 3 is 2.21 bits per heavy atom. The van der Waals surface area contributed by atoms with Gasteiger partial charge in [-0.05, 0) is 72.0 Å². The van der Waals surface area contributed by atoms with Crippen molar-refractivity contribution in [2.24, 2.45) is 0 Å². The van der Waals surface area contributed by atoms with Crippen molar-refractivity contribution in [3.63, 3.8) is 0 Å². The normalized spacial score (nSPS) is 16.5. The fourth-order valence-corrected chi connectivity index (χ4v) is 4.74. The predicted molar refractivity (Wildman–Crippen MR) is 147 cm³/mol. The summed E-state index contributed by atoms with van der Waals surface area (Å²) in [6, 6.07) is 17.6. The molecule has 1 aliphatic heterocycles. The molecule has 0 spiro atoms. The molecule has 0 bridgehead atoms. The number of carboxylic acids is 1. The van der Waals surface area contributed by atoms with Crippen LogP contribution in [0.1, 0.15) is 55.0 Å². The fraction of sp³-hybridized carbons (Fsp3) is 0.258. The first kappa shape index (κ1) is 27.4. The quantitative estimate of drug-likeness (QED) is 0.215. The Morgan fingerprint density at radius 1 is 0.974 bits per heavy atom. The summed E-state index contributed by atoms with van der Waals surface area (Å²) < 4.78 is 11.0. The molecular weight excluding hydrogens is 498 g/mol. The number of carbonyl (C=O) groups is 3. The number of nitrogens with zero attached hydrogens (tertiary/aromatic N) is 1. The van der Waals surface area contributed by atoms with Crippen LogP contribution in [0.5, 0.6) is 11.5 Å². The standard InChI is InChI=1S/C31H31NO7/c1-5-39-25-15-10-21(17-24(25)18(2)3)29(35)27-28(20-8-13-23(38-4)14-9-20)32(31(37)30(27)36)22-11-6-19(7-12-22)16-26(33)34/h6-15,17-18,28,35H,5,16H2,1-4H3,(H,33,34)/b29-27-. The number of aliphatic hydroxyl groups excluding tert-OH is 1. The van der Waals surface area contributed by atoms with Gasteiger partial charge in [-0.25, -0.2) is 0 Å². The van der Waals surface area contributed by atoms with Crippen molar-refractivity contribution < 1.29 is 34.1 Å². The smallest absolute Gasteiger partial charge is 0.307 e. The number of anilines is 1. The molecule has 202 valence electrons. The zero-order valence-electron chi connectivity index (χ0n) is 22.3. The summed E-state index contributed by atoms with van der Waals surface area (Å²) >= 11 is 0. The van der Waals surface area contributed by atoms with E-state index in [9.17, 15) is 19.5 Å². The van der Waals surface area contributed by atoms with Crippen LogP contribution in [0.25, 0.3) is 5.76 Å². The molecule has 8 heteroatoms. The number of rotatable bonds is 9. The number of ketones is 1. The van der Waals surface area contributed by atoms with Crippen LogP contribution in [0.4, 0.5) is 5.69 Å². The van der Waals surface area contributed by atoms with Gasteiger partial charge < -0.3 is 19.7 Å². The van der Waals surface area contributed by atoms with Gasteiger partial charge in [0.2, 0.25) is 0 Å². The van der Waals surface area contributed by atoms with Crippen LogP contribution in [0.2, 0.25) is 0 Å². The Kier molecular flexibility index (Phi) is 8.04. The molecule has 0 aromatic heterocycles. The number of ether oxygens (including phenoxy) is 2. The van der Waals surface area contributed by atoms with Crippen molar-refractivity contribution >= 4 is 29.1 Å². The van der Waals surface area contributed by atoms with E-state index < -0.39 is 23.7 Å². The Balaban J connectivity index is 1.88. The highest BCUT2D eigenvalue weighted by Crippen LogP contribution is 2.43. The van der Waals surface area contributed by atoms with Crippen LogP contribution >= 0.6 is 0 Å². The predicted octanol–water partition coefficient (Wildman–Crippen LogP) is 5.47. The molecule has 1 amide bonds. The molecule has 1 atom stereocenters. The van der Waals surface area contributed by atoms with Gasteiger partial charge in [-0.15, -0.1) is 0 Å². The van der Waals surface area contributed by atoms with E-state index >= 15 is 0 Å². The highest BCUT2D eigenvalue weighted by atomic mass is 16.5. The summed E-state index contributed by atoms with van der Waals surface area (Å²) in [5.74, 6) is -1.49. The molecule has 0 aliphatic carbocycles. The van der Waals surface area contributed by atoms with E-state index in [1.165, 1.54) is 12.0 Å². The number of aliphatic carboxylic acids is 1. The molecule has 1 fully saturated rings. The average molecular weight is 530 g/mol. The maximum Gasteiger partial charge on any atom is 0.307 e. The topological polar surface area (TPSA) is 113 Å². The first-order valence-corrected chi connectivity index (χ1v) is 12.7. The van der Waals surface area contributed by atoms with Gasteiger partial charge >= 0.3 is 5.97 Å². The van der Waals surface area contributed by atoms with E-state index in [0.29, 0.717) is 40.5 Å². The second kappa shape index (κ2) is 11.4. The van der Waals surface area contributed by atoms with Crippen molar-refractivity contribution in [3.8, 4) is 11.5 Å². The third kappa shape index (κ3) is 5.50. The van der Waals surface area contributed by atoms with Crippen molar-refractivity contribution in [3.05, 3.63) is 94.6 Å². The molecule has 1 aliphatic rings. The summed E-state index contributed by atoms with van der Waals surface area (Å²) in [6.45, 7) is 6.39. The van der Waals surface area contributed by atoms with Crippen molar-refractivity contribution in [2.45, 2.75) is 39.2 Å². The third-order valence-corrected chi connectivity index (χ3v) is 6.65. The molecule has 4 rings (SSSR count). The molecule has 3 aromatic rings. The number of amides is 1. The Morgan fingerprint density at radius 2 is 1.64 bits per heavy atom. The van der Waals surface area contributed by atoms with E-state index in [1.54, 1.807) is 66.7 Å². The molecule has 1 saturated heterocycles. The van der Waals surface area contributed by atoms with Crippen molar-refractivity contribution in [1.29, 1.82) is 0 Å². The molecule has 2 N–H and O–H groups in total. The van der Waals surface area contributed by atoms with Crippen molar-refractivity contribution in [1.82, 2.24) is 0 Å². The lowest BCUT2D eigenvalue weighted by Gasteiger charge is -2.26. The number of Topliss-reactive ketones (excluding diaryl/α,β-unsaturated/α-hetero) is 1. The van der Waals surface area contributed by atoms with E-state index in [-0.39, 0.29) is 23.7 Å². The van der Waals surface area contributed by atoms with Gasteiger partial charge in [0.05, 0.1) is 31.8 Å². The second-order valence-electron chi connectivity index (χ2n) is 9.52. The molecule has 39 heavy (non-hydrogen) atoms. The van der Waals surface area contributed by atoms with Crippen LogP contribution in [0.15, 0.2) is 72.3 Å². The molecule has 1 heterocycles. The summed E-state index contributed by atoms with van der Waals surface area (Å²) in [7, 11) is 1.54.